The maximum atomic E-state index is 12.4. The number of thiophene rings is 1. The van der Waals surface area contributed by atoms with Gasteiger partial charge in [0.1, 0.15) is 4.88 Å². The first kappa shape index (κ1) is 20.3. The highest BCUT2D eigenvalue weighted by Crippen LogP contribution is 2.31. The lowest BCUT2D eigenvalue weighted by Gasteiger charge is -2.36. The van der Waals surface area contributed by atoms with E-state index in [1.807, 2.05) is 0 Å². The second kappa shape index (κ2) is 8.42. The number of methoxy groups -OCH3 is 1. The molecule has 0 radical (unpaired) electrons. The molecule has 1 aliphatic heterocycles. The highest BCUT2D eigenvalue weighted by atomic mass is 32.1. The molecule has 1 saturated carbocycles. The van der Waals surface area contributed by atoms with E-state index in [9.17, 15) is 14.4 Å². The Balaban J connectivity index is 1.24. The number of hydrogen-bond donors (Lipinski definition) is 1. The van der Waals surface area contributed by atoms with Crippen molar-refractivity contribution in [3.8, 4) is 0 Å². The predicted molar refractivity (Wildman–Crippen MR) is 107 cm³/mol. The van der Waals surface area contributed by atoms with Crippen LogP contribution >= 0.6 is 11.3 Å². The fourth-order valence-electron chi connectivity index (χ4n) is 3.21. The van der Waals surface area contributed by atoms with E-state index in [4.69, 9.17) is 9.26 Å². The second-order valence-electron chi connectivity index (χ2n) is 7.52. The van der Waals surface area contributed by atoms with Crippen molar-refractivity contribution in [2.75, 3.05) is 39.1 Å². The lowest BCUT2D eigenvalue weighted by Crippen LogP contribution is -2.50. The molecule has 10 nitrogen and oxygen atoms in total. The molecule has 1 saturated heterocycles. The zero-order valence-electron chi connectivity index (χ0n) is 16.8. The van der Waals surface area contributed by atoms with Gasteiger partial charge >= 0.3 is 12.0 Å². The average molecular weight is 433 g/mol. The maximum absolute atomic E-state index is 12.4. The van der Waals surface area contributed by atoms with Gasteiger partial charge in [-0.2, -0.15) is 4.98 Å². The third kappa shape index (κ3) is 4.30. The van der Waals surface area contributed by atoms with E-state index in [-0.39, 0.29) is 23.8 Å². The third-order valence-corrected chi connectivity index (χ3v) is 6.15. The summed E-state index contributed by atoms with van der Waals surface area (Å²) in [6.07, 6.45) is 2.50. The molecule has 160 valence electrons. The van der Waals surface area contributed by atoms with Gasteiger partial charge in [-0.1, -0.05) is 5.16 Å². The monoisotopic (exact) mass is 433 g/mol. The molecular weight excluding hydrogens is 410 g/mol. The molecule has 3 heterocycles. The molecule has 0 spiro atoms. The quantitative estimate of drug-likeness (QED) is 0.663. The van der Waals surface area contributed by atoms with Crippen LogP contribution in [0.3, 0.4) is 0 Å². The van der Waals surface area contributed by atoms with Crippen molar-refractivity contribution in [3.63, 3.8) is 0 Å². The molecule has 0 bridgehead atoms. The van der Waals surface area contributed by atoms with Crippen LogP contribution in [0.2, 0.25) is 0 Å². The second-order valence-corrected chi connectivity index (χ2v) is 8.44. The Hall–Kier alpha value is -2.95. The van der Waals surface area contributed by atoms with E-state index in [1.165, 1.54) is 18.4 Å². The molecule has 0 aromatic carbocycles. The molecule has 2 aromatic heterocycles. The molecule has 1 aliphatic carbocycles. The van der Waals surface area contributed by atoms with Crippen molar-refractivity contribution in [1.29, 1.82) is 0 Å². The van der Waals surface area contributed by atoms with Gasteiger partial charge in [-0.05, 0) is 24.3 Å². The number of nitrogens with one attached hydrogen (secondary N) is 1. The van der Waals surface area contributed by atoms with Crippen LogP contribution in [0.1, 0.15) is 40.1 Å². The standard InChI is InChI=1S/C19H23N5O5S/c1-23(17(25)11-3-4-11)7-5-14-21-16(29-22-14)12-9-24(10-12)19(27)20-13-6-8-30-15(13)18(26)28-2/h6,8,11-12H,3-5,7,9-10H2,1-2H3,(H,20,27). The van der Waals surface area contributed by atoms with Gasteiger partial charge in [-0.15, -0.1) is 11.3 Å². The Morgan fingerprint density at radius 1 is 1.37 bits per heavy atom. The first-order valence-electron chi connectivity index (χ1n) is 9.75. The number of aromatic nitrogens is 2. The Morgan fingerprint density at radius 2 is 2.13 bits per heavy atom. The minimum atomic E-state index is -0.482. The largest absolute Gasteiger partial charge is 0.465 e. The van der Waals surface area contributed by atoms with Crippen LogP contribution in [0.4, 0.5) is 10.5 Å². The smallest absolute Gasteiger partial charge is 0.350 e. The first-order valence-corrected chi connectivity index (χ1v) is 10.6. The van der Waals surface area contributed by atoms with E-state index in [1.54, 1.807) is 28.3 Å². The SMILES string of the molecule is COC(=O)c1sccc1NC(=O)N1CC(c2nc(CCN(C)C(=O)C3CC3)no2)C1. The number of esters is 1. The van der Waals surface area contributed by atoms with Crippen molar-refractivity contribution < 1.29 is 23.6 Å². The van der Waals surface area contributed by atoms with Gasteiger partial charge in [-0.25, -0.2) is 9.59 Å². The van der Waals surface area contributed by atoms with Crippen LogP contribution in [0.15, 0.2) is 16.0 Å². The summed E-state index contributed by atoms with van der Waals surface area (Å²) in [6, 6.07) is 1.37. The Kier molecular flexibility index (Phi) is 5.71. The number of rotatable bonds is 7. The van der Waals surface area contributed by atoms with Crippen molar-refractivity contribution in [2.24, 2.45) is 5.92 Å². The third-order valence-electron chi connectivity index (χ3n) is 5.25. The number of carbonyl (C=O) groups excluding carboxylic acids is 3. The summed E-state index contributed by atoms with van der Waals surface area (Å²) >= 11 is 1.21. The number of hydrogen-bond acceptors (Lipinski definition) is 8. The van der Waals surface area contributed by atoms with Gasteiger partial charge in [0.05, 0.1) is 18.7 Å². The predicted octanol–water partition coefficient (Wildman–Crippen LogP) is 1.96. The molecule has 3 amide bonds. The highest BCUT2D eigenvalue weighted by molar-refractivity contribution is 7.12. The molecule has 2 aliphatic rings. The fourth-order valence-corrected chi connectivity index (χ4v) is 3.97. The number of amides is 3. The van der Waals surface area contributed by atoms with E-state index < -0.39 is 5.97 Å². The van der Waals surface area contributed by atoms with E-state index >= 15 is 0 Å². The minimum absolute atomic E-state index is 0.0228. The van der Waals surface area contributed by atoms with E-state index in [0.717, 1.165) is 12.8 Å². The van der Waals surface area contributed by atoms with Crippen molar-refractivity contribution in [3.05, 3.63) is 28.0 Å². The summed E-state index contributed by atoms with van der Waals surface area (Å²) in [4.78, 5) is 44.2. The number of urea groups is 1. The molecule has 1 N–H and O–H groups in total. The highest BCUT2D eigenvalue weighted by Gasteiger charge is 2.36. The lowest BCUT2D eigenvalue weighted by molar-refractivity contribution is -0.131. The molecule has 2 fully saturated rings. The van der Waals surface area contributed by atoms with Gasteiger partial charge in [0, 0.05) is 39.0 Å². The van der Waals surface area contributed by atoms with Crippen LogP contribution in [0.5, 0.6) is 0 Å². The van der Waals surface area contributed by atoms with Crippen molar-refractivity contribution in [2.45, 2.75) is 25.2 Å². The summed E-state index contributed by atoms with van der Waals surface area (Å²) in [5, 5.41) is 8.44. The molecule has 4 rings (SSSR count). The van der Waals surface area contributed by atoms with Gasteiger partial charge in [0.2, 0.25) is 11.8 Å². The first-order chi connectivity index (χ1) is 14.5. The molecule has 30 heavy (non-hydrogen) atoms. The minimum Gasteiger partial charge on any atom is -0.465 e. The number of nitrogens with zero attached hydrogens (tertiary/aromatic N) is 4. The molecule has 0 unspecified atom stereocenters. The van der Waals surface area contributed by atoms with Crippen LogP contribution in [-0.4, -0.2) is 71.6 Å². The van der Waals surface area contributed by atoms with Crippen LogP contribution in [-0.2, 0) is 16.0 Å². The van der Waals surface area contributed by atoms with E-state index in [2.05, 4.69) is 15.5 Å². The molecule has 11 heteroatoms. The van der Waals surface area contributed by atoms with Crippen molar-refractivity contribution >= 4 is 34.9 Å². The van der Waals surface area contributed by atoms with Crippen LogP contribution < -0.4 is 5.32 Å². The lowest BCUT2D eigenvalue weighted by atomic mass is 10.0. The summed E-state index contributed by atoms with van der Waals surface area (Å²) in [5.41, 5.74) is 0.435. The Morgan fingerprint density at radius 3 is 2.83 bits per heavy atom. The topological polar surface area (TPSA) is 118 Å². The van der Waals surface area contributed by atoms with Gasteiger partial charge in [0.15, 0.2) is 5.82 Å². The van der Waals surface area contributed by atoms with Crippen LogP contribution in [0.25, 0.3) is 0 Å². The average Bonchev–Trinajstić information content (AvgIpc) is 3.28. The number of anilines is 1. The summed E-state index contributed by atoms with van der Waals surface area (Å²) in [5.74, 6) is 0.927. The Bertz CT molecular complexity index is 947. The zero-order chi connectivity index (χ0) is 21.3. The summed E-state index contributed by atoms with van der Waals surface area (Å²) < 4.78 is 10.1. The zero-order valence-corrected chi connectivity index (χ0v) is 17.6. The molecule has 0 atom stereocenters. The number of likely N-dealkylation sites (tertiary alicyclic amines) is 1. The van der Waals surface area contributed by atoms with Gasteiger partial charge in [-0.3, -0.25) is 4.79 Å². The number of carbonyl (C=O) groups is 3. The number of ether oxygens (including phenoxy) is 1. The molecular formula is C19H23N5O5S. The van der Waals surface area contributed by atoms with Crippen molar-refractivity contribution in [1.82, 2.24) is 19.9 Å². The molecule has 2 aromatic rings. The van der Waals surface area contributed by atoms with E-state index in [0.29, 0.717) is 48.3 Å². The summed E-state index contributed by atoms with van der Waals surface area (Å²) in [7, 11) is 3.10. The fraction of sp³-hybridized carbons (Fsp3) is 0.526. The maximum Gasteiger partial charge on any atom is 0.350 e. The normalized spacial score (nSPS) is 16.1. The summed E-state index contributed by atoms with van der Waals surface area (Å²) in [6.45, 7) is 1.45. The van der Waals surface area contributed by atoms with Gasteiger partial charge in [0.25, 0.3) is 0 Å². The Labute approximate surface area is 177 Å². The van der Waals surface area contributed by atoms with Crippen LogP contribution in [0, 0.1) is 5.92 Å². The van der Waals surface area contributed by atoms with Gasteiger partial charge < -0.3 is 24.4 Å². The number of likely N-dealkylation sites (N-methyl/N-ethyl adjacent to an activating group) is 1.